The molecular formula is C30H34BrN5O3. The molecular weight excluding hydrogens is 558 g/mol. The topological polar surface area (TPSA) is 111 Å². The van der Waals surface area contributed by atoms with Crippen molar-refractivity contribution in [2.45, 2.75) is 45.8 Å². The van der Waals surface area contributed by atoms with Crippen LogP contribution in [0, 0.1) is 6.92 Å². The number of imidazole rings is 1. The Morgan fingerprint density at radius 3 is 2.56 bits per heavy atom. The lowest BCUT2D eigenvalue weighted by atomic mass is 10.0. The van der Waals surface area contributed by atoms with Gasteiger partial charge in [-0.3, -0.25) is 9.59 Å². The van der Waals surface area contributed by atoms with Crippen LogP contribution in [0.4, 0.5) is 0 Å². The number of hydrogen-bond acceptors (Lipinski definition) is 5. The third kappa shape index (κ3) is 7.46. The van der Waals surface area contributed by atoms with E-state index >= 15 is 0 Å². The van der Waals surface area contributed by atoms with Gasteiger partial charge in [-0.1, -0.05) is 24.3 Å². The summed E-state index contributed by atoms with van der Waals surface area (Å²) in [4.78, 5) is 30.0. The molecule has 39 heavy (non-hydrogen) atoms. The number of aromatic nitrogens is 2. The SMILES string of the molecule is Cc1cc(C(=O)N[C@H](CNC(=O)CCN)Cc2ccc(-c3cn4cccc(Br)c4n3)cc2)ccc1OC(C)C. The van der Waals surface area contributed by atoms with Crippen LogP contribution in [-0.2, 0) is 11.2 Å². The van der Waals surface area contributed by atoms with E-state index in [1.54, 1.807) is 6.07 Å². The Bertz CT molecular complexity index is 1450. The number of nitrogens with zero attached hydrogens (tertiary/aromatic N) is 2. The fourth-order valence-electron chi connectivity index (χ4n) is 4.29. The summed E-state index contributed by atoms with van der Waals surface area (Å²) in [5, 5.41) is 5.98. The van der Waals surface area contributed by atoms with Crippen molar-refractivity contribution in [3.8, 4) is 17.0 Å². The van der Waals surface area contributed by atoms with Gasteiger partial charge in [-0.05, 0) is 84.6 Å². The highest BCUT2D eigenvalue weighted by Gasteiger charge is 2.17. The molecule has 0 aliphatic rings. The highest BCUT2D eigenvalue weighted by molar-refractivity contribution is 9.10. The fourth-order valence-corrected chi connectivity index (χ4v) is 4.74. The van der Waals surface area contributed by atoms with Crippen LogP contribution in [0.1, 0.15) is 41.8 Å². The molecule has 0 saturated heterocycles. The molecule has 4 aromatic rings. The number of fused-ring (bicyclic) bond motifs is 1. The Hall–Kier alpha value is -3.69. The van der Waals surface area contributed by atoms with Gasteiger partial charge in [-0.2, -0.15) is 0 Å². The molecule has 8 nitrogen and oxygen atoms in total. The van der Waals surface area contributed by atoms with E-state index in [9.17, 15) is 9.59 Å². The first kappa shape index (κ1) is 28.3. The van der Waals surface area contributed by atoms with Crippen LogP contribution in [0.25, 0.3) is 16.9 Å². The van der Waals surface area contributed by atoms with Crippen molar-refractivity contribution in [1.29, 1.82) is 0 Å². The second kappa shape index (κ2) is 12.9. The zero-order chi connectivity index (χ0) is 27.9. The Morgan fingerprint density at radius 1 is 1.13 bits per heavy atom. The number of ether oxygens (including phenoxy) is 1. The summed E-state index contributed by atoms with van der Waals surface area (Å²) < 4.78 is 8.70. The number of benzene rings is 2. The summed E-state index contributed by atoms with van der Waals surface area (Å²) in [6, 6.07) is 17.1. The van der Waals surface area contributed by atoms with Crippen molar-refractivity contribution in [3.63, 3.8) is 0 Å². The standard InChI is InChI=1S/C30H34BrN5O3/c1-19(2)39-27-11-10-23(15-20(27)3)30(38)34-24(17-33-28(37)12-13-32)16-21-6-8-22(9-7-21)26-18-36-14-4-5-25(31)29(36)35-26/h4-11,14-15,18-19,24H,12-13,16-17,32H2,1-3H3,(H,33,37)(H,34,38)/t24-/m0/s1. The van der Waals surface area contributed by atoms with Crippen molar-refractivity contribution >= 4 is 33.4 Å². The Labute approximate surface area is 237 Å². The lowest BCUT2D eigenvalue weighted by Gasteiger charge is -2.20. The summed E-state index contributed by atoms with van der Waals surface area (Å²) in [7, 11) is 0. The predicted molar refractivity (Wildman–Crippen MR) is 157 cm³/mol. The Balaban J connectivity index is 1.48. The molecule has 0 radical (unpaired) electrons. The highest BCUT2D eigenvalue weighted by atomic mass is 79.9. The largest absolute Gasteiger partial charge is 0.491 e. The molecule has 0 aliphatic carbocycles. The zero-order valence-electron chi connectivity index (χ0n) is 22.4. The Morgan fingerprint density at radius 2 is 1.90 bits per heavy atom. The number of rotatable bonds is 11. The van der Waals surface area contributed by atoms with Crippen molar-refractivity contribution in [3.05, 3.63) is 88.2 Å². The van der Waals surface area contributed by atoms with Gasteiger partial charge in [-0.25, -0.2) is 4.98 Å². The van der Waals surface area contributed by atoms with Crippen LogP contribution in [0.5, 0.6) is 5.75 Å². The molecule has 9 heteroatoms. The minimum Gasteiger partial charge on any atom is -0.491 e. The fraction of sp³-hybridized carbons (Fsp3) is 0.300. The molecule has 4 N–H and O–H groups in total. The van der Waals surface area contributed by atoms with Crippen LogP contribution in [0.3, 0.4) is 0 Å². The number of carbonyl (C=O) groups is 2. The summed E-state index contributed by atoms with van der Waals surface area (Å²) in [6.45, 7) is 6.41. The number of hydrogen-bond donors (Lipinski definition) is 3. The average molecular weight is 593 g/mol. The highest BCUT2D eigenvalue weighted by Crippen LogP contribution is 2.24. The second-order valence-electron chi connectivity index (χ2n) is 9.77. The van der Waals surface area contributed by atoms with Gasteiger partial charge in [0.2, 0.25) is 5.91 Å². The third-order valence-electron chi connectivity index (χ3n) is 6.22. The van der Waals surface area contributed by atoms with Crippen LogP contribution in [0.15, 0.2) is 71.5 Å². The molecule has 0 saturated carbocycles. The molecule has 2 amide bonds. The maximum absolute atomic E-state index is 13.2. The van der Waals surface area contributed by atoms with Gasteiger partial charge in [-0.15, -0.1) is 0 Å². The van der Waals surface area contributed by atoms with Crippen molar-refractivity contribution in [2.75, 3.05) is 13.1 Å². The van der Waals surface area contributed by atoms with Gasteiger partial charge in [0, 0.05) is 43.0 Å². The number of halogens is 1. The molecule has 4 rings (SSSR count). The first-order valence-corrected chi connectivity index (χ1v) is 13.8. The van der Waals surface area contributed by atoms with Gasteiger partial charge >= 0.3 is 0 Å². The number of aryl methyl sites for hydroxylation is 1. The number of nitrogens with two attached hydrogens (primary N) is 1. The molecule has 0 fully saturated rings. The normalized spacial score (nSPS) is 11.9. The van der Waals surface area contributed by atoms with Crippen molar-refractivity contribution in [1.82, 2.24) is 20.0 Å². The van der Waals surface area contributed by atoms with Crippen LogP contribution in [-0.4, -0.2) is 46.4 Å². The molecule has 0 bridgehead atoms. The van der Waals surface area contributed by atoms with E-state index in [1.807, 2.05) is 86.1 Å². The average Bonchev–Trinajstić information content (AvgIpc) is 3.34. The van der Waals surface area contributed by atoms with E-state index in [1.165, 1.54) is 0 Å². The van der Waals surface area contributed by atoms with Crippen molar-refractivity contribution in [2.24, 2.45) is 5.73 Å². The van der Waals surface area contributed by atoms with Gasteiger partial charge in [0.05, 0.1) is 22.3 Å². The smallest absolute Gasteiger partial charge is 0.251 e. The van der Waals surface area contributed by atoms with Crippen molar-refractivity contribution < 1.29 is 14.3 Å². The van der Waals surface area contributed by atoms with Gasteiger partial charge in [0.1, 0.15) is 5.75 Å². The van der Waals surface area contributed by atoms with Gasteiger partial charge < -0.3 is 25.5 Å². The lowest BCUT2D eigenvalue weighted by molar-refractivity contribution is -0.121. The molecule has 2 heterocycles. The van der Waals surface area contributed by atoms with E-state index in [0.29, 0.717) is 18.5 Å². The molecule has 204 valence electrons. The third-order valence-corrected chi connectivity index (χ3v) is 6.84. The number of amides is 2. The van der Waals surface area contributed by atoms with E-state index < -0.39 is 0 Å². The summed E-state index contributed by atoms with van der Waals surface area (Å²) in [5.74, 6) is 0.403. The first-order valence-electron chi connectivity index (χ1n) is 13.0. The Kier molecular flexibility index (Phi) is 9.37. The minimum atomic E-state index is -0.317. The summed E-state index contributed by atoms with van der Waals surface area (Å²) in [6.07, 6.45) is 4.78. The lowest BCUT2D eigenvalue weighted by Crippen LogP contribution is -2.45. The first-order chi connectivity index (χ1) is 18.7. The van der Waals surface area contributed by atoms with Crippen LogP contribution >= 0.6 is 15.9 Å². The maximum Gasteiger partial charge on any atom is 0.251 e. The maximum atomic E-state index is 13.2. The van der Waals surface area contributed by atoms with E-state index in [2.05, 4.69) is 26.6 Å². The molecule has 2 aromatic carbocycles. The number of nitrogens with one attached hydrogen (secondary N) is 2. The van der Waals surface area contributed by atoms with E-state index in [-0.39, 0.29) is 36.9 Å². The monoisotopic (exact) mass is 591 g/mol. The summed E-state index contributed by atoms with van der Waals surface area (Å²) >= 11 is 3.55. The molecule has 1 atom stereocenters. The quantitative estimate of drug-likeness (QED) is 0.235. The van der Waals surface area contributed by atoms with Crippen LogP contribution < -0.4 is 21.1 Å². The van der Waals surface area contributed by atoms with E-state index in [4.69, 9.17) is 15.5 Å². The molecule has 0 aliphatic heterocycles. The number of pyridine rings is 1. The molecule has 2 aromatic heterocycles. The number of carbonyl (C=O) groups excluding carboxylic acids is 2. The summed E-state index contributed by atoms with van der Waals surface area (Å²) in [5.41, 5.74) is 10.7. The van der Waals surface area contributed by atoms with E-state index in [0.717, 1.165) is 38.3 Å². The van der Waals surface area contributed by atoms with Gasteiger partial charge in [0.15, 0.2) is 5.65 Å². The minimum absolute atomic E-state index is 0.0471. The molecule has 0 spiro atoms. The van der Waals surface area contributed by atoms with Gasteiger partial charge in [0.25, 0.3) is 5.91 Å². The zero-order valence-corrected chi connectivity index (χ0v) is 24.0. The van der Waals surface area contributed by atoms with Crippen LogP contribution in [0.2, 0.25) is 0 Å². The molecule has 0 unspecified atom stereocenters. The second-order valence-corrected chi connectivity index (χ2v) is 10.6. The predicted octanol–water partition coefficient (Wildman–Crippen LogP) is 4.67.